The van der Waals surface area contributed by atoms with Crippen molar-refractivity contribution in [1.29, 1.82) is 0 Å². The minimum absolute atomic E-state index is 0.348. The summed E-state index contributed by atoms with van der Waals surface area (Å²) in [6.07, 6.45) is 2.68. The highest BCUT2D eigenvalue weighted by Crippen LogP contribution is 2.32. The highest BCUT2D eigenvalue weighted by Gasteiger charge is 2.23. The van der Waals surface area contributed by atoms with Crippen LogP contribution in [0.3, 0.4) is 0 Å². The largest absolute Gasteiger partial charge is 0.496 e. The number of hydrogen-bond acceptors (Lipinski definition) is 3. The van der Waals surface area contributed by atoms with Gasteiger partial charge in [0.2, 0.25) is 0 Å². The van der Waals surface area contributed by atoms with Gasteiger partial charge in [0.15, 0.2) is 6.10 Å². The molecule has 92 valence electrons. The second kappa shape index (κ2) is 4.75. The molecule has 1 aliphatic rings. The second-order valence-electron chi connectivity index (χ2n) is 4.31. The molecule has 4 heteroatoms. The smallest absolute Gasteiger partial charge is 0.337 e. The van der Waals surface area contributed by atoms with Crippen molar-refractivity contribution in [3.63, 3.8) is 0 Å². The fourth-order valence-corrected chi connectivity index (χ4v) is 2.31. The molecule has 1 unspecified atom stereocenters. The van der Waals surface area contributed by atoms with Crippen LogP contribution in [0.15, 0.2) is 12.1 Å². The van der Waals surface area contributed by atoms with E-state index in [1.807, 2.05) is 6.07 Å². The van der Waals surface area contributed by atoms with Crippen molar-refractivity contribution in [3.8, 4) is 5.75 Å². The average molecular weight is 236 g/mol. The number of methoxy groups -OCH3 is 1. The molecule has 0 spiro atoms. The van der Waals surface area contributed by atoms with Crippen molar-refractivity contribution >= 4 is 5.97 Å². The summed E-state index contributed by atoms with van der Waals surface area (Å²) >= 11 is 0. The van der Waals surface area contributed by atoms with Gasteiger partial charge in [0.1, 0.15) is 5.75 Å². The molecule has 17 heavy (non-hydrogen) atoms. The Labute approximate surface area is 99.8 Å². The van der Waals surface area contributed by atoms with Gasteiger partial charge in [0, 0.05) is 5.56 Å². The maximum absolute atomic E-state index is 10.8. The van der Waals surface area contributed by atoms with E-state index >= 15 is 0 Å². The molecule has 1 atom stereocenters. The summed E-state index contributed by atoms with van der Waals surface area (Å²) in [7, 11) is 1.49. The number of aliphatic hydroxyl groups is 1. The van der Waals surface area contributed by atoms with Crippen LogP contribution in [0.5, 0.6) is 5.75 Å². The quantitative estimate of drug-likeness (QED) is 0.838. The number of carbonyl (C=O) groups is 1. The van der Waals surface area contributed by atoms with E-state index in [4.69, 9.17) is 9.84 Å². The second-order valence-corrected chi connectivity index (χ2v) is 4.31. The summed E-state index contributed by atoms with van der Waals surface area (Å²) in [4.78, 5) is 10.8. The molecule has 1 aromatic carbocycles. The Bertz CT molecular complexity index is 439. The molecule has 2 rings (SSSR count). The Morgan fingerprint density at radius 1 is 1.29 bits per heavy atom. The number of aliphatic carboxylic acids is 1. The molecule has 0 aliphatic heterocycles. The molecule has 0 radical (unpaired) electrons. The molecule has 1 aromatic rings. The lowest BCUT2D eigenvalue weighted by Gasteiger charge is -2.20. The van der Waals surface area contributed by atoms with E-state index < -0.39 is 12.1 Å². The highest BCUT2D eigenvalue weighted by atomic mass is 16.5. The van der Waals surface area contributed by atoms with Crippen LogP contribution in [0.1, 0.15) is 35.6 Å². The van der Waals surface area contributed by atoms with Gasteiger partial charge in [0.05, 0.1) is 7.11 Å². The normalized spacial score (nSPS) is 16.1. The summed E-state index contributed by atoms with van der Waals surface area (Å²) < 4.78 is 5.16. The standard InChI is InChI=1S/C13H16O4/c1-17-11-7-9-5-3-2-4-8(9)6-10(11)12(14)13(15)16/h6-7,12,14H,2-5H2,1H3,(H,15,16). The molecule has 0 fully saturated rings. The lowest BCUT2D eigenvalue weighted by atomic mass is 9.89. The van der Waals surface area contributed by atoms with Crippen molar-refractivity contribution in [2.75, 3.05) is 7.11 Å². The molecule has 0 aromatic heterocycles. The van der Waals surface area contributed by atoms with Gasteiger partial charge >= 0.3 is 5.97 Å². The predicted octanol–water partition coefficient (Wildman–Crippen LogP) is 1.69. The maximum Gasteiger partial charge on any atom is 0.337 e. The lowest BCUT2D eigenvalue weighted by molar-refractivity contribution is -0.147. The Morgan fingerprint density at radius 3 is 2.41 bits per heavy atom. The van der Waals surface area contributed by atoms with Gasteiger partial charge < -0.3 is 14.9 Å². The summed E-state index contributed by atoms with van der Waals surface area (Å²) in [6.45, 7) is 0. The first kappa shape index (κ1) is 11.9. The van der Waals surface area contributed by atoms with Gasteiger partial charge in [0.25, 0.3) is 0 Å². The third kappa shape index (κ3) is 2.26. The van der Waals surface area contributed by atoms with E-state index in [2.05, 4.69) is 0 Å². The number of aliphatic hydroxyl groups excluding tert-OH is 1. The van der Waals surface area contributed by atoms with E-state index in [9.17, 15) is 9.90 Å². The van der Waals surface area contributed by atoms with Crippen LogP contribution in [0.2, 0.25) is 0 Å². The van der Waals surface area contributed by atoms with Crippen LogP contribution < -0.4 is 4.74 Å². The number of fused-ring (bicyclic) bond motifs is 1. The van der Waals surface area contributed by atoms with E-state index in [1.54, 1.807) is 6.07 Å². The van der Waals surface area contributed by atoms with Crippen LogP contribution >= 0.6 is 0 Å². The number of aryl methyl sites for hydroxylation is 2. The highest BCUT2D eigenvalue weighted by molar-refractivity contribution is 5.75. The third-order valence-electron chi connectivity index (χ3n) is 3.22. The maximum atomic E-state index is 10.8. The van der Waals surface area contributed by atoms with Crippen LogP contribution in [0, 0.1) is 0 Å². The number of rotatable bonds is 3. The van der Waals surface area contributed by atoms with Crippen molar-refractivity contribution in [2.45, 2.75) is 31.8 Å². The summed E-state index contributed by atoms with van der Waals surface area (Å²) in [5.74, 6) is -0.792. The van der Waals surface area contributed by atoms with Crippen molar-refractivity contribution < 1.29 is 19.7 Å². The molecule has 0 amide bonds. The Balaban J connectivity index is 2.46. The first-order valence-electron chi connectivity index (χ1n) is 5.74. The molecular formula is C13H16O4. The fraction of sp³-hybridized carbons (Fsp3) is 0.462. The number of benzene rings is 1. The van der Waals surface area contributed by atoms with Gasteiger partial charge in [-0.25, -0.2) is 4.79 Å². The van der Waals surface area contributed by atoms with Gasteiger partial charge in [-0.3, -0.25) is 0 Å². The fourth-order valence-electron chi connectivity index (χ4n) is 2.31. The molecule has 0 saturated carbocycles. The van der Waals surface area contributed by atoms with Crippen molar-refractivity contribution in [1.82, 2.24) is 0 Å². The SMILES string of the molecule is COc1cc2c(cc1C(O)C(=O)O)CCCC2. The van der Waals surface area contributed by atoms with E-state index in [-0.39, 0.29) is 0 Å². The minimum Gasteiger partial charge on any atom is -0.496 e. The molecular weight excluding hydrogens is 220 g/mol. The molecule has 0 bridgehead atoms. The van der Waals surface area contributed by atoms with Crippen LogP contribution in [-0.4, -0.2) is 23.3 Å². The number of carboxylic acids is 1. The summed E-state index contributed by atoms with van der Waals surface area (Å²) in [5.41, 5.74) is 2.68. The number of hydrogen-bond donors (Lipinski definition) is 2. The monoisotopic (exact) mass is 236 g/mol. The number of ether oxygens (including phenoxy) is 1. The lowest BCUT2D eigenvalue weighted by Crippen LogP contribution is -2.14. The zero-order chi connectivity index (χ0) is 12.4. The first-order chi connectivity index (χ1) is 8.13. The minimum atomic E-state index is -1.52. The molecule has 1 aliphatic carbocycles. The van der Waals surface area contributed by atoms with Gasteiger partial charge in [-0.05, 0) is 48.9 Å². The summed E-state index contributed by atoms with van der Waals surface area (Å²) in [5, 5.41) is 18.5. The van der Waals surface area contributed by atoms with Crippen LogP contribution in [-0.2, 0) is 17.6 Å². The van der Waals surface area contributed by atoms with Gasteiger partial charge in [-0.2, -0.15) is 0 Å². The Hall–Kier alpha value is -1.55. The average Bonchev–Trinajstić information content (AvgIpc) is 2.36. The Kier molecular flexibility index (Phi) is 3.33. The topological polar surface area (TPSA) is 66.8 Å². The molecule has 0 heterocycles. The van der Waals surface area contributed by atoms with Gasteiger partial charge in [-0.1, -0.05) is 0 Å². The van der Waals surface area contributed by atoms with Crippen LogP contribution in [0.4, 0.5) is 0 Å². The molecule has 0 saturated heterocycles. The van der Waals surface area contributed by atoms with E-state index in [1.165, 1.54) is 12.7 Å². The third-order valence-corrected chi connectivity index (χ3v) is 3.22. The number of carboxylic acid groups (broad SMARTS) is 1. The predicted molar refractivity (Wildman–Crippen MR) is 62.2 cm³/mol. The zero-order valence-electron chi connectivity index (χ0n) is 9.77. The van der Waals surface area contributed by atoms with E-state index in [0.29, 0.717) is 11.3 Å². The Morgan fingerprint density at radius 2 is 1.88 bits per heavy atom. The summed E-state index contributed by atoms with van der Waals surface area (Å²) in [6, 6.07) is 3.63. The van der Waals surface area contributed by atoms with Gasteiger partial charge in [-0.15, -0.1) is 0 Å². The molecule has 4 nitrogen and oxygen atoms in total. The van der Waals surface area contributed by atoms with Crippen LogP contribution in [0.25, 0.3) is 0 Å². The van der Waals surface area contributed by atoms with E-state index in [0.717, 1.165) is 31.2 Å². The van der Waals surface area contributed by atoms with Crippen molar-refractivity contribution in [3.05, 3.63) is 28.8 Å². The first-order valence-corrected chi connectivity index (χ1v) is 5.74. The molecule has 2 N–H and O–H groups in total. The zero-order valence-corrected chi connectivity index (χ0v) is 9.77. The van der Waals surface area contributed by atoms with Crippen molar-refractivity contribution in [2.24, 2.45) is 0 Å².